The van der Waals surface area contributed by atoms with Gasteiger partial charge in [0.2, 0.25) is 0 Å². The standard InChI is InChI=1S/C17H17F/c18-17-8-4-7-16(17)15-11-9-14(10-12-15)13-5-2-1-3-6-13/h1-3,5-6,9-12,16-17H,4,7-8H2/t16-,17+/m0/s1. The second-order valence-electron chi connectivity index (χ2n) is 5.04. The van der Waals surface area contributed by atoms with Gasteiger partial charge in [0, 0.05) is 5.92 Å². The van der Waals surface area contributed by atoms with Gasteiger partial charge in [0.25, 0.3) is 0 Å². The largest absolute Gasteiger partial charge is 0.247 e. The highest BCUT2D eigenvalue weighted by molar-refractivity contribution is 5.63. The van der Waals surface area contributed by atoms with Crippen molar-refractivity contribution in [3.05, 3.63) is 60.2 Å². The third-order valence-electron chi connectivity index (χ3n) is 3.88. The normalized spacial score (nSPS) is 23.2. The molecule has 2 atom stereocenters. The Balaban J connectivity index is 1.85. The highest BCUT2D eigenvalue weighted by Crippen LogP contribution is 2.37. The maximum Gasteiger partial charge on any atom is 0.107 e. The van der Waals surface area contributed by atoms with Crippen LogP contribution in [0.5, 0.6) is 0 Å². The highest BCUT2D eigenvalue weighted by atomic mass is 19.1. The molecule has 0 spiro atoms. The summed E-state index contributed by atoms with van der Waals surface area (Å²) >= 11 is 0. The summed E-state index contributed by atoms with van der Waals surface area (Å²) < 4.78 is 13.7. The summed E-state index contributed by atoms with van der Waals surface area (Å²) in [5.41, 5.74) is 3.57. The van der Waals surface area contributed by atoms with Gasteiger partial charge in [0.05, 0.1) is 0 Å². The molecule has 0 heterocycles. The van der Waals surface area contributed by atoms with Crippen LogP contribution in [0.15, 0.2) is 54.6 Å². The fourth-order valence-corrected chi connectivity index (χ4v) is 2.84. The van der Waals surface area contributed by atoms with Crippen molar-refractivity contribution in [3.63, 3.8) is 0 Å². The Kier molecular flexibility index (Phi) is 3.14. The van der Waals surface area contributed by atoms with E-state index in [9.17, 15) is 4.39 Å². The van der Waals surface area contributed by atoms with Crippen LogP contribution in [0.4, 0.5) is 4.39 Å². The summed E-state index contributed by atoms with van der Waals surface area (Å²) in [5, 5.41) is 0. The van der Waals surface area contributed by atoms with Gasteiger partial charge in [0.15, 0.2) is 0 Å². The van der Waals surface area contributed by atoms with Crippen LogP contribution >= 0.6 is 0 Å². The summed E-state index contributed by atoms with van der Waals surface area (Å²) in [6.45, 7) is 0. The maximum atomic E-state index is 13.7. The van der Waals surface area contributed by atoms with Crippen LogP contribution in [0, 0.1) is 0 Å². The van der Waals surface area contributed by atoms with E-state index in [-0.39, 0.29) is 5.92 Å². The number of hydrogen-bond donors (Lipinski definition) is 0. The Morgan fingerprint density at radius 2 is 1.44 bits per heavy atom. The minimum atomic E-state index is -0.646. The van der Waals surface area contributed by atoms with Gasteiger partial charge in [-0.05, 0) is 36.0 Å². The lowest BCUT2D eigenvalue weighted by atomic mass is 9.94. The van der Waals surface area contributed by atoms with E-state index in [2.05, 4.69) is 36.4 Å². The minimum absolute atomic E-state index is 0.120. The van der Waals surface area contributed by atoms with Gasteiger partial charge in [-0.1, -0.05) is 54.6 Å². The average molecular weight is 240 g/mol. The number of halogens is 1. The molecule has 0 radical (unpaired) electrons. The molecule has 0 aromatic heterocycles. The van der Waals surface area contributed by atoms with Gasteiger partial charge in [-0.15, -0.1) is 0 Å². The summed E-state index contributed by atoms with van der Waals surface area (Å²) in [6.07, 6.45) is 2.09. The molecule has 2 aromatic rings. The molecule has 0 saturated heterocycles. The van der Waals surface area contributed by atoms with Crippen LogP contribution in [-0.4, -0.2) is 6.17 Å². The van der Waals surface area contributed by atoms with E-state index < -0.39 is 6.17 Å². The zero-order valence-corrected chi connectivity index (χ0v) is 10.4. The first-order valence-corrected chi connectivity index (χ1v) is 6.64. The second-order valence-corrected chi connectivity index (χ2v) is 5.04. The fourth-order valence-electron chi connectivity index (χ4n) is 2.84. The Labute approximate surface area is 107 Å². The first kappa shape index (κ1) is 11.5. The first-order chi connectivity index (χ1) is 8.84. The molecule has 1 aliphatic rings. The van der Waals surface area contributed by atoms with Crippen LogP contribution in [0.25, 0.3) is 11.1 Å². The molecule has 0 nitrogen and oxygen atoms in total. The zero-order chi connectivity index (χ0) is 12.4. The molecule has 1 saturated carbocycles. The quantitative estimate of drug-likeness (QED) is 0.696. The minimum Gasteiger partial charge on any atom is -0.247 e. The van der Waals surface area contributed by atoms with E-state index in [1.807, 2.05) is 18.2 Å². The van der Waals surface area contributed by atoms with Gasteiger partial charge < -0.3 is 0 Å². The topological polar surface area (TPSA) is 0 Å². The molecule has 1 heteroatoms. The van der Waals surface area contributed by atoms with Crippen molar-refractivity contribution >= 4 is 0 Å². The molecule has 0 N–H and O–H groups in total. The molecule has 1 fully saturated rings. The van der Waals surface area contributed by atoms with Gasteiger partial charge in [-0.3, -0.25) is 0 Å². The predicted octanol–water partition coefficient (Wildman–Crippen LogP) is 4.96. The van der Waals surface area contributed by atoms with E-state index in [1.165, 1.54) is 11.1 Å². The molecule has 0 unspecified atom stereocenters. The van der Waals surface area contributed by atoms with Crippen LogP contribution in [0.3, 0.4) is 0 Å². The molecule has 0 bridgehead atoms. The highest BCUT2D eigenvalue weighted by Gasteiger charge is 2.27. The molecule has 0 aliphatic heterocycles. The van der Waals surface area contributed by atoms with Crippen molar-refractivity contribution in [1.82, 2.24) is 0 Å². The Bertz CT molecular complexity index is 501. The van der Waals surface area contributed by atoms with Crippen molar-refractivity contribution in [2.75, 3.05) is 0 Å². The molecule has 92 valence electrons. The van der Waals surface area contributed by atoms with Crippen LogP contribution in [0.2, 0.25) is 0 Å². The summed E-state index contributed by atoms with van der Waals surface area (Å²) in [5.74, 6) is 0.120. The van der Waals surface area contributed by atoms with Gasteiger partial charge >= 0.3 is 0 Å². The lowest BCUT2D eigenvalue weighted by Crippen LogP contribution is -2.05. The molecule has 0 amide bonds. The van der Waals surface area contributed by atoms with E-state index in [1.54, 1.807) is 0 Å². The molecule has 3 rings (SSSR count). The number of rotatable bonds is 2. The van der Waals surface area contributed by atoms with Crippen molar-refractivity contribution in [3.8, 4) is 11.1 Å². The summed E-state index contributed by atoms with van der Waals surface area (Å²) in [4.78, 5) is 0. The predicted molar refractivity (Wildman–Crippen MR) is 73.4 cm³/mol. The Morgan fingerprint density at radius 1 is 0.778 bits per heavy atom. The van der Waals surface area contributed by atoms with Crippen LogP contribution in [0.1, 0.15) is 30.7 Å². The number of alkyl halides is 1. The van der Waals surface area contributed by atoms with E-state index in [0.29, 0.717) is 0 Å². The lowest BCUT2D eigenvalue weighted by molar-refractivity contribution is 0.312. The third-order valence-corrected chi connectivity index (χ3v) is 3.88. The second kappa shape index (κ2) is 4.93. The van der Waals surface area contributed by atoms with Crippen LogP contribution in [-0.2, 0) is 0 Å². The fraction of sp³-hybridized carbons (Fsp3) is 0.294. The third kappa shape index (κ3) is 2.17. The lowest BCUT2D eigenvalue weighted by Gasteiger charge is -2.13. The molecular weight excluding hydrogens is 223 g/mol. The molecule has 18 heavy (non-hydrogen) atoms. The average Bonchev–Trinajstić information content (AvgIpc) is 2.86. The van der Waals surface area contributed by atoms with Crippen LogP contribution < -0.4 is 0 Å². The Morgan fingerprint density at radius 3 is 2.06 bits per heavy atom. The van der Waals surface area contributed by atoms with Crippen molar-refractivity contribution in [2.45, 2.75) is 31.4 Å². The zero-order valence-electron chi connectivity index (χ0n) is 10.4. The van der Waals surface area contributed by atoms with Crippen molar-refractivity contribution in [2.24, 2.45) is 0 Å². The van der Waals surface area contributed by atoms with Crippen molar-refractivity contribution in [1.29, 1.82) is 0 Å². The smallest absolute Gasteiger partial charge is 0.107 e. The van der Waals surface area contributed by atoms with E-state index >= 15 is 0 Å². The van der Waals surface area contributed by atoms with Gasteiger partial charge in [0.1, 0.15) is 6.17 Å². The molecule has 1 aliphatic carbocycles. The Hall–Kier alpha value is -1.63. The number of benzene rings is 2. The first-order valence-electron chi connectivity index (χ1n) is 6.64. The SMILES string of the molecule is F[C@@H]1CCC[C@H]1c1ccc(-c2ccccc2)cc1. The maximum absolute atomic E-state index is 13.7. The van der Waals surface area contributed by atoms with E-state index in [4.69, 9.17) is 0 Å². The monoisotopic (exact) mass is 240 g/mol. The van der Waals surface area contributed by atoms with Gasteiger partial charge in [-0.25, -0.2) is 4.39 Å². The molecular formula is C17H17F. The van der Waals surface area contributed by atoms with Gasteiger partial charge in [-0.2, -0.15) is 0 Å². The number of hydrogen-bond acceptors (Lipinski definition) is 0. The molecule has 2 aromatic carbocycles. The summed E-state index contributed by atoms with van der Waals surface area (Å²) in [6, 6.07) is 18.7. The van der Waals surface area contributed by atoms with Crippen molar-refractivity contribution < 1.29 is 4.39 Å². The summed E-state index contributed by atoms with van der Waals surface area (Å²) in [7, 11) is 0. The van der Waals surface area contributed by atoms with E-state index in [0.717, 1.165) is 24.8 Å².